The van der Waals surface area contributed by atoms with Gasteiger partial charge in [0.05, 0.1) is 5.56 Å². The lowest BCUT2D eigenvalue weighted by atomic mass is 9.92. The number of aliphatic hydroxyl groups is 1. The van der Waals surface area contributed by atoms with Gasteiger partial charge in [-0.2, -0.15) is 13.2 Å². The fourth-order valence-electron chi connectivity index (χ4n) is 2.63. The van der Waals surface area contributed by atoms with Gasteiger partial charge in [-0.25, -0.2) is 0 Å². The highest BCUT2D eigenvalue weighted by Crippen LogP contribution is 2.35. The molecule has 0 aliphatic carbocycles. The summed E-state index contributed by atoms with van der Waals surface area (Å²) in [6.07, 6.45) is -3.61. The van der Waals surface area contributed by atoms with E-state index in [0.717, 1.165) is 6.07 Å². The zero-order valence-electron chi connectivity index (χ0n) is 12.5. The molecule has 0 saturated carbocycles. The molecular weight excluding hydrogens is 313 g/mol. The lowest BCUT2D eigenvalue weighted by molar-refractivity contribution is -0.142. The van der Waals surface area contributed by atoms with Crippen molar-refractivity contribution in [2.45, 2.75) is 24.6 Å². The van der Waals surface area contributed by atoms with Gasteiger partial charge in [-0.15, -0.1) is 0 Å². The van der Waals surface area contributed by atoms with Gasteiger partial charge in [0, 0.05) is 13.1 Å². The van der Waals surface area contributed by atoms with Crippen LogP contribution in [0.2, 0.25) is 0 Å². The first-order valence-electron chi connectivity index (χ1n) is 7.26. The van der Waals surface area contributed by atoms with E-state index in [2.05, 4.69) is 0 Å². The zero-order chi connectivity index (χ0) is 17.1. The molecule has 3 N–H and O–H groups in total. The van der Waals surface area contributed by atoms with Crippen LogP contribution in [0.4, 0.5) is 13.2 Å². The van der Waals surface area contributed by atoms with E-state index in [4.69, 9.17) is 10.5 Å². The van der Waals surface area contributed by atoms with Crippen LogP contribution in [0.15, 0.2) is 24.3 Å². The van der Waals surface area contributed by atoms with Crippen LogP contribution in [-0.4, -0.2) is 47.8 Å². The van der Waals surface area contributed by atoms with Crippen molar-refractivity contribution in [1.29, 1.82) is 0 Å². The molecule has 23 heavy (non-hydrogen) atoms. The van der Waals surface area contributed by atoms with Crippen molar-refractivity contribution in [2.75, 3.05) is 26.2 Å². The molecule has 0 unspecified atom stereocenters. The molecule has 1 fully saturated rings. The average molecular weight is 332 g/mol. The number of ether oxygens (including phenoxy) is 1. The maximum atomic E-state index is 12.8. The lowest BCUT2D eigenvalue weighted by Crippen LogP contribution is -2.56. The van der Waals surface area contributed by atoms with Crippen molar-refractivity contribution in [3.63, 3.8) is 0 Å². The Morgan fingerprint density at radius 1 is 1.39 bits per heavy atom. The van der Waals surface area contributed by atoms with Gasteiger partial charge in [-0.1, -0.05) is 12.1 Å². The molecule has 0 radical (unpaired) electrons. The first kappa shape index (κ1) is 17.6. The normalized spacial score (nSPS) is 22.8. The first-order chi connectivity index (χ1) is 10.7. The third-order valence-corrected chi connectivity index (χ3v) is 3.87. The van der Waals surface area contributed by atoms with Crippen LogP contribution < -0.4 is 10.5 Å². The molecule has 1 heterocycles. The number of carbonyl (C=O) groups is 1. The average Bonchev–Trinajstić information content (AvgIpc) is 2.47. The van der Waals surface area contributed by atoms with E-state index in [0.29, 0.717) is 19.5 Å². The molecule has 5 nitrogen and oxygen atoms in total. The summed E-state index contributed by atoms with van der Waals surface area (Å²) < 4.78 is 43.8. The highest BCUT2D eigenvalue weighted by Gasteiger charge is 2.38. The van der Waals surface area contributed by atoms with E-state index in [1.165, 1.54) is 18.2 Å². The van der Waals surface area contributed by atoms with Crippen molar-refractivity contribution in [1.82, 2.24) is 4.90 Å². The fraction of sp³-hybridized carbons (Fsp3) is 0.533. The molecule has 2 rings (SSSR count). The van der Waals surface area contributed by atoms with Gasteiger partial charge in [0.15, 0.2) is 5.60 Å². The van der Waals surface area contributed by atoms with Crippen molar-refractivity contribution in [2.24, 2.45) is 5.73 Å². The second kappa shape index (κ2) is 6.76. The molecule has 1 aliphatic rings. The molecule has 0 bridgehead atoms. The number of hydrogen-bond donors (Lipinski definition) is 2. The minimum absolute atomic E-state index is 0.0158. The van der Waals surface area contributed by atoms with Gasteiger partial charge in [0.25, 0.3) is 5.91 Å². The third-order valence-electron chi connectivity index (χ3n) is 3.87. The summed E-state index contributed by atoms with van der Waals surface area (Å²) in [7, 11) is 0. The van der Waals surface area contributed by atoms with E-state index >= 15 is 0 Å². The number of piperidine rings is 1. The Morgan fingerprint density at radius 3 is 2.74 bits per heavy atom. The third kappa shape index (κ3) is 4.35. The minimum Gasteiger partial charge on any atom is -0.492 e. The monoisotopic (exact) mass is 332 g/mol. The molecule has 1 aromatic rings. The molecule has 128 valence electrons. The fourth-order valence-corrected chi connectivity index (χ4v) is 2.63. The number of nitrogens with zero attached hydrogens (tertiary/aromatic N) is 1. The molecule has 1 amide bonds. The van der Waals surface area contributed by atoms with E-state index < -0.39 is 23.2 Å². The van der Waals surface area contributed by atoms with Gasteiger partial charge < -0.3 is 15.6 Å². The van der Waals surface area contributed by atoms with Crippen molar-refractivity contribution < 1.29 is 27.8 Å². The number of β-amino-alcohol motifs (C(OH)–C–C–N with tert-alkyl or cyclic N) is 1. The Morgan fingerprint density at radius 2 is 2.09 bits per heavy atom. The molecule has 0 aromatic heterocycles. The minimum atomic E-state index is -4.48. The Hall–Kier alpha value is -1.80. The van der Waals surface area contributed by atoms with Gasteiger partial charge >= 0.3 is 6.18 Å². The van der Waals surface area contributed by atoms with E-state index in [-0.39, 0.29) is 25.3 Å². The second-order valence-electron chi connectivity index (χ2n) is 5.62. The van der Waals surface area contributed by atoms with Gasteiger partial charge in [0.1, 0.15) is 12.4 Å². The summed E-state index contributed by atoms with van der Waals surface area (Å²) in [5.74, 6) is -1.02. The SMILES string of the molecule is NC(=O)[C@]1(O)CCCN(CCOc2ccccc2C(F)(F)F)C1. The number of likely N-dealkylation sites (tertiary alicyclic amines) is 1. The Kier molecular flexibility index (Phi) is 5.16. The summed E-state index contributed by atoms with van der Waals surface area (Å²) in [5.41, 5.74) is 2.77. The van der Waals surface area contributed by atoms with E-state index in [9.17, 15) is 23.1 Å². The van der Waals surface area contributed by atoms with E-state index in [1.807, 2.05) is 0 Å². The topological polar surface area (TPSA) is 75.8 Å². The van der Waals surface area contributed by atoms with Crippen LogP contribution in [0.5, 0.6) is 5.75 Å². The maximum Gasteiger partial charge on any atom is 0.419 e. The molecule has 1 aliphatic heterocycles. The molecular formula is C15H19F3N2O3. The molecule has 1 aromatic carbocycles. The number of carbonyl (C=O) groups excluding carboxylic acids is 1. The number of benzene rings is 1. The first-order valence-corrected chi connectivity index (χ1v) is 7.26. The number of hydrogen-bond acceptors (Lipinski definition) is 4. The summed E-state index contributed by atoms with van der Waals surface area (Å²) in [6, 6.07) is 4.99. The predicted molar refractivity (Wildman–Crippen MR) is 76.8 cm³/mol. The molecule has 0 spiro atoms. The van der Waals surface area contributed by atoms with Gasteiger partial charge in [-0.3, -0.25) is 9.69 Å². The van der Waals surface area contributed by atoms with Crippen molar-refractivity contribution in [3.8, 4) is 5.75 Å². The largest absolute Gasteiger partial charge is 0.492 e. The number of rotatable bonds is 5. The van der Waals surface area contributed by atoms with Crippen LogP contribution in [0, 0.1) is 0 Å². The number of nitrogens with two attached hydrogens (primary N) is 1. The summed E-state index contributed by atoms with van der Waals surface area (Å²) in [4.78, 5) is 13.0. The molecule has 1 saturated heterocycles. The van der Waals surface area contributed by atoms with Gasteiger partial charge in [-0.05, 0) is 31.5 Å². The van der Waals surface area contributed by atoms with Crippen molar-refractivity contribution >= 4 is 5.91 Å². The summed E-state index contributed by atoms with van der Waals surface area (Å²) in [6.45, 7) is 0.996. The number of alkyl halides is 3. The standard InChI is InChI=1S/C15H19F3N2O3/c16-15(17,18)11-4-1-2-5-12(11)23-9-8-20-7-3-6-14(22,10-20)13(19)21/h1-2,4-5,22H,3,6-10H2,(H2,19,21)/t14-/m0/s1. The second-order valence-corrected chi connectivity index (χ2v) is 5.62. The maximum absolute atomic E-state index is 12.8. The van der Waals surface area contributed by atoms with Crippen LogP contribution in [0.25, 0.3) is 0 Å². The van der Waals surface area contributed by atoms with Crippen LogP contribution in [0.3, 0.4) is 0 Å². The van der Waals surface area contributed by atoms with E-state index in [1.54, 1.807) is 4.90 Å². The highest BCUT2D eigenvalue weighted by atomic mass is 19.4. The predicted octanol–water partition coefficient (Wildman–Crippen LogP) is 1.40. The highest BCUT2D eigenvalue weighted by molar-refractivity contribution is 5.83. The van der Waals surface area contributed by atoms with Crippen LogP contribution >= 0.6 is 0 Å². The number of para-hydroxylation sites is 1. The number of halogens is 3. The van der Waals surface area contributed by atoms with Crippen LogP contribution in [0.1, 0.15) is 18.4 Å². The summed E-state index contributed by atoms with van der Waals surface area (Å²) in [5, 5.41) is 10.1. The van der Waals surface area contributed by atoms with Crippen LogP contribution in [-0.2, 0) is 11.0 Å². The Labute approximate surface area is 131 Å². The quantitative estimate of drug-likeness (QED) is 0.855. The number of amides is 1. The molecule has 8 heteroatoms. The lowest BCUT2D eigenvalue weighted by Gasteiger charge is -2.36. The Balaban J connectivity index is 1.92. The van der Waals surface area contributed by atoms with Crippen molar-refractivity contribution in [3.05, 3.63) is 29.8 Å². The molecule has 1 atom stereocenters. The van der Waals surface area contributed by atoms with Gasteiger partial charge in [0.2, 0.25) is 0 Å². The summed E-state index contributed by atoms with van der Waals surface area (Å²) >= 11 is 0. The Bertz CT molecular complexity index is 565. The smallest absolute Gasteiger partial charge is 0.419 e. The zero-order valence-corrected chi connectivity index (χ0v) is 12.5. The number of primary amides is 1.